The van der Waals surface area contributed by atoms with Gasteiger partial charge < -0.3 is 15.2 Å². The number of rotatable bonds is 5. The molecule has 2 N–H and O–H groups in total. The molecular weight excluding hydrogens is 320 g/mol. The van der Waals surface area contributed by atoms with Crippen LogP contribution in [-0.4, -0.2) is 36.1 Å². The lowest BCUT2D eigenvalue weighted by Gasteiger charge is -2.20. The zero-order chi connectivity index (χ0) is 16.3. The van der Waals surface area contributed by atoms with Crippen LogP contribution in [0.4, 0.5) is 8.78 Å². The van der Waals surface area contributed by atoms with Gasteiger partial charge >= 0.3 is 5.97 Å². The molecule has 0 aromatic heterocycles. The van der Waals surface area contributed by atoms with E-state index in [1.54, 1.807) is 18.2 Å². The number of ether oxygens (including phenoxy) is 1. The average Bonchev–Trinajstić information content (AvgIpc) is 2.45. The molecule has 2 rings (SSSR count). The molecule has 1 amide bonds. The Balaban J connectivity index is 2.14. The van der Waals surface area contributed by atoms with E-state index in [1.807, 2.05) is 0 Å². The van der Waals surface area contributed by atoms with Crippen LogP contribution in [0, 0.1) is 0 Å². The van der Waals surface area contributed by atoms with Crippen LogP contribution in [0.25, 0.3) is 6.08 Å². The summed E-state index contributed by atoms with van der Waals surface area (Å²) in [5.74, 6) is -1.75. The van der Waals surface area contributed by atoms with Crippen molar-refractivity contribution in [3.05, 3.63) is 34.4 Å². The first kappa shape index (κ1) is 16.2. The summed E-state index contributed by atoms with van der Waals surface area (Å²) in [5.41, 5.74) is 0.694. The number of fused-ring (bicyclic) bond motifs is 1. The number of benzene rings is 1. The van der Waals surface area contributed by atoms with Crippen molar-refractivity contribution in [2.24, 2.45) is 0 Å². The highest BCUT2D eigenvalue weighted by atomic mass is 35.5. The SMILES string of the molecule is O=C(NC(CC(F)F)C(=O)O)C1=Cc2cc(Cl)ccc2OC1. The monoisotopic (exact) mass is 331 g/mol. The summed E-state index contributed by atoms with van der Waals surface area (Å²) >= 11 is 5.84. The number of carbonyl (C=O) groups is 2. The molecule has 1 aromatic carbocycles. The molecule has 1 aromatic rings. The number of carboxylic acid groups (broad SMARTS) is 1. The van der Waals surface area contributed by atoms with Crippen molar-refractivity contribution in [2.75, 3.05) is 6.61 Å². The molecule has 0 radical (unpaired) electrons. The fraction of sp³-hybridized carbons (Fsp3) is 0.286. The molecule has 1 heterocycles. The third-order valence-corrected chi connectivity index (χ3v) is 3.23. The zero-order valence-corrected chi connectivity index (χ0v) is 11.9. The number of nitrogens with one attached hydrogen (secondary N) is 1. The molecule has 0 spiro atoms. The van der Waals surface area contributed by atoms with E-state index >= 15 is 0 Å². The highest BCUT2D eigenvalue weighted by Gasteiger charge is 2.26. The second-order valence-electron chi connectivity index (χ2n) is 4.63. The summed E-state index contributed by atoms with van der Waals surface area (Å²) in [7, 11) is 0. The average molecular weight is 332 g/mol. The molecule has 0 fully saturated rings. The van der Waals surface area contributed by atoms with E-state index in [-0.39, 0.29) is 12.2 Å². The molecule has 0 bridgehead atoms. The van der Waals surface area contributed by atoms with E-state index in [4.69, 9.17) is 21.4 Å². The van der Waals surface area contributed by atoms with Crippen LogP contribution in [0.5, 0.6) is 5.75 Å². The van der Waals surface area contributed by atoms with Crippen LogP contribution in [0.3, 0.4) is 0 Å². The standard InChI is InChI=1S/C14H12ClF2NO4/c15-9-1-2-11-7(4-9)3-8(6-22-11)13(19)18-10(14(20)21)5-12(16)17/h1-4,10,12H,5-6H2,(H,18,19)(H,20,21). The lowest BCUT2D eigenvalue weighted by atomic mass is 10.1. The third-order valence-electron chi connectivity index (χ3n) is 2.99. The Kier molecular flexibility index (Phi) is 4.97. The minimum absolute atomic E-state index is 0.0819. The number of amides is 1. The summed E-state index contributed by atoms with van der Waals surface area (Å²) in [5, 5.41) is 11.4. The molecule has 1 aliphatic heterocycles. The van der Waals surface area contributed by atoms with Gasteiger partial charge in [-0.05, 0) is 24.3 Å². The van der Waals surface area contributed by atoms with Crippen LogP contribution in [0.1, 0.15) is 12.0 Å². The van der Waals surface area contributed by atoms with Crippen LogP contribution in [0.15, 0.2) is 23.8 Å². The molecule has 0 saturated carbocycles. The van der Waals surface area contributed by atoms with Crippen molar-refractivity contribution in [3.8, 4) is 5.75 Å². The summed E-state index contributed by atoms with van der Waals surface area (Å²) in [4.78, 5) is 22.9. The Hall–Kier alpha value is -2.15. The van der Waals surface area contributed by atoms with Gasteiger partial charge in [-0.2, -0.15) is 0 Å². The highest BCUT2D eigenvalue weighted by molar-refractivity contribution is 6.30. The molecule has 1 aliphatic rings. The maximum atomic E-state index is 12.3. The van der Waals surface area contributed by atoms with Crippen LogP contribution >= 0.6 is 11.6 Å². The number of aliphatic carboxylic acids is 1. The van der Waals surface area contributed by atoms with Gasteiger partial charge in [-0.15, -0.1) is 0 Å². The number of carboxylic acids is 1. The number of hydrogen-bond donors (Lipinski definition) is 2. The Morgan fingerprint density at radius 2 is 2.14 bits per heavy atom. The van der Waals surface area contributed by atoms with Gasteiger partial charge in [0.1, 0.15) is 18.4 Å². The van der Waals surface area contributed by atoms with Gasteiger partial charge in [-0.25, -0.2) is 13.6 Å². The molecule has 1 unspecified atom stereocenters. The topological polar surface area (TPSA) is 75.6 Å². The lowest BCUT2D eigenvalue weighted by molar-refractivity contribution is -0.142. The van der Waals surface area contributed by atoms with E-state index < -0.39 is 30.8 Å². The summed E-state index contributed by atoms with van der Waals surface area (Å²) in [6.07, 6.45) is -2.31. The van der Waals surface area contributed by atoms with Crippen molar-refractivity contribution in [3.63, 3.8) is 0 Å². The first-order valence-electron chi connectivity index (χ1n) is 6.31. The van der Waals surface area contributed by atoms with Crippen molar-refractivity contribution in [1.29, 1.82) is 0 Å². The molecule has 0 saturated heterocycles. The van der Waals surface area contributed by atoms with Crippen LogP contribution in [-0.2, 0) is 9.59 Å². The van der Waals surface area contributed by atoms with E-state index in [2.05, 4.69) is 5.32 Å². The normalized spacial score (nSPS) is 14.6. The minimum atomic E-state index is -2.84. The fourth-order valence-electron chi connectivity index (χ4n) is 1.93. The number of alkyl halides is 2. The predicted octanol–water partition coefficient (Wildman–Crippen LogP) is 2.34. The van der Waals surface area contributed by atoms with Gasteiger partial charge in [0.2, 0.25) is 6.43 Å². The second kappa shape index (κ2) is 6.74. The second-order valence-corrected chi connectivity index (χ2v) is 5.07. The van der Waals surface area contributed by atoms with Crippen molar-refractivity contribution < 1.29 is 28.2 Å². The Bertz CT molecular complexity index is 633. The van der Waals surface area contributed by atoms with Gasteiger partial charge in [0.15, 0.2) is 0 Å². The molecule has 1 atom stereocenters. The van der Waals surface area contributed by atoms with E-state index in [9.17, 15) is 18.4 Å². The van der Waals surface area contributed by atoms with Crippen molar-refractivity contribution in [1.82, 2.24) is 5.32 Å². The molecule has 5 nitrogen and oxygen atoms in total. The molecular formula is C14H12ClF2NO4. The van der Waals surface area contributed by atoms with Crippen molar-refractivity contribution in [2.45, 2.75) is 18.9 Å². The maximum absolute atomic E-state index is 12.3. The lowest BCUT2D eigenvalue weighted by Crippen LogP contribution is -2.43. The molecule has 22 heavy (non-hydrogen) atoms. The Labute approximate surface area is 129 Å². The predicted molar refractivity (Wildman–Crippen MR) is 75.1 cm³/mol. The molecule has 0 aliphatic carbocycles. The van der Waals surface area contributed by atoms with E-state index in [0.717, 1.165) is 0 Å². The van der Waals surface area contributed by atoms with Crippen molar-refractivity contribution >= 4 is 29.6 Å². The van der Waals surface area contributed by atoms with Gasteiger partial charge in [0.05, 0.1) is 5.57 Å². The first-order chi connectivity index (χ1) is 10.4. The van der Waals surface area contributed by atoms with Crippen LogP contribution < -0.4 is 10.1 Å². The number of carbonyl (C=O) groups excluding carboxylic acids is 1. The maximum Gasteiger partial charge on any atom is 0.326 e. The first-order valence-corrected chi connectivity index (χ1v) is 6.69. The smallest absolute Gasteiger partial charge is 0.326 e. The van der Waals surface area contributed by atoms with Crippen LogP contribution in [0.2, 0.25) is 5.02 Å². The van der Waals surface area contributed by atoms with Gasteiger partial charge in [0.25, 0.3) is 5.91 Å². The fourth-order valence-corrected chi connectivity index (χ4v) is 2.11. The third kappa shape index (κ3) is 3.94. The Morgan fingerprint density at radius 3 is 2.77 bits per heavy atom. The number of halogens is 3. The molecule has 118 valence electrons. The quantitative estimate of drug-likeness (QED) is 0.868. The Morgan fingerprint density at radius 1 is 1.41 bits per heavy atom. The largest absolute Gasteiger partial charge is 0.488 e. The highest BCUT2D eigenvalue weighted by Crippen LogP contribution is 2.29. The van der Waals surface area contributed by atoms with Gasteiger partial charge in [-0.1, -0.05) is 11.6 Å². The minimum Gasteiger partial charge on any atom is -0.488 e. The molecule has 8 heteroatoms. The summed E-state index contributed by atoms with van der Waals surface area (Å²) in [6, 6.07) is 3.19. The van der Waals surface area contributed by atoms with Gasteiger partial charge in [0, 0.05) is 17.0 Å². The summed E-state index contributed by atoms with van der Waals surface area (Å²) in [6.45, 7) is -0.0819. The summed E-state index contributed by atoms with van der Waals surface area (Å²) < 4.78 is 30.0. The van der Waals surface area contributed by atoms with E-state index in [0.29, 0.717) is 16.3 Å². The zero-order valence-electron chi connectivity index (χ0n) is 11.2. The van der Waals surface area contributed by atoms with Gasteiger partial charge in [-0.3, -0.25) is 4.79 Å². The number of hydrogen-bond acceptors (Lipinski definition) is 3. The van der Waals surface area contributed by atoms with E-state index in [1.165, 1.54) is 6.08 Å².